The van der Waals surface area contributed by atoms with Crippen LogP contribution in [0.15, 0.2) is 30.3 Å². The van der Waals surface area contributed by atoms with Crippen molar-refractivity contribution in [1.29, 1.82) is 0 Å². The van der Waals surface area contributed by atoms with E-state index in [1.807, 2.05) is 6.07 Å². The van der Waals surface area contributed by atoms with Crippen molar-refractivity contribution in [3.8, 4) is 11.5 Å². The lowest BCUT2D eigenvalue weighted by molar-refractivity contribution is 0.0668. The van der Waals surface area contributed by atoms with E-state index in [-0.39, 0.29) is 22.4 Å². The Kier molecular flexibility index (Phi) is 4.41. The summed E-state index contributed by atoms with van der Waals surface area (Å²) in [7, 11) is 0. The molecule has 1 saturated carbocycles. The number of rotatable bonds is 2. The highest BCUT2D eigenvalue weighted by atomic mass is 19.1. The van der Waals surface area contributed by atoms with E-state index in [1.54, 1.807) is 4.90 Å². The molecular weight excluding hydrogens is 387 g/mol. The van der Waals surface area contributed by atoms with Gasteiger partial charge in [0, 0.05) is 29.6 Å². The Bertz CT molecular complexity index is 1050. The molecule has 5 rings (SSSR count). The fourth-order valence-electron chi connectivity index (χ4n) is 5.13. The van der Waals surface area contributed by atoms with Gasteiger partial charge in [-0.15, -0.1) is 0 Å². The average molecular weight is 410 g/mol. The monoisotopic (exact) mass is 410 g/mol. The number of ether oxygens (including phenoxy) is 2. The van der Waals surface area contributed by atoms with Gasteiger partial charge in [-0.1, -0.05) is 12.8 Å². The molecule has 1 spiro atoms. The van der Waals surface area contributed by atoms with Crippen LogP contribution in [-0.4, -0.2) is 36.5 Å². The molecule has 156 valence electrons. The highest BCUT2D eigenvalue weighted by Crippen LogP contribution is 2.49. The van der Waals surface area contributed by atoms with Crippen molar-refractivity contribution in [2.45, 2.75) is 37.6 Å². The number of hydrogen-bond donors (Lipinski definition) is 1. The molecule has 0 aromatic heterocycles. The molecule has 0 saturated heterocycles. The maximum atomic E-state index is 14.0. The third-order valence-corrected chi connectivity index (χ3v) is 6.47. The number of carbonyl (C=O) groups excluding carboxylic acids is 2. The standard InChI is InChI=1S/C23H23FN2O4/c24-17-8-14(21(25)27)7-15(9-17)22(28)26-12-16-10-19-20(30-6-5-29-19)11-18(16)23(13-26)3-1-2-4-23/h7-11H,1-6,12-13H2,(H2,25,27). The van der Waals surface area contributed by atoms with Crippen LogP contribution in [0, 0.1) is 5.82 Å². The van der Waals surface area contributed by atoms with Crippen LogP contribution in [-0.2, 0) is 12.0 Å². The van der Waals surface area contributed by atoms with E-state index in [0.717, 1.165) is 49.1 Å². The summed E-state index contributed by atoms with van der Waals surface area (Å²) in [5.41, 5.74) is 7.55. The average Bonchev–Trinajstić information content (AvgIpc) is 3.20. The molecule has 2 heterocycles. The topological polar surface area (TPSA) is 81.9 Å². The van der Waals surface area contributed by atoms with Gasteiger partial charge in [0.05, 0.1) is 0 Å². The number of fused-ring (bicyclic) bond motifs is 3. The molecule has 0 bridgehead atoms. The van der Waals surface area contributed by atoms with E-state index in [0.29, 0.717) is 32.1 Å². The van der Waals surface area contributed by atoms with E-state index < -0.39 is 11.7 Å². The summed E-state index contributed by atoms with van der Waals surface area (Å²) in [6, 6.07) is 7.64. The largest absolute Gasteiger partial charge is 0.486 e. The zero-order valence-electron chi connectivity index (χ0n) is 16.6. The molecule has 1 fully saturated rings. The van der Waals surface area contributed by atoms with Crippen LogP contribution in [0.2, 0.25) is 0 Å². The SMILES string of the molecule is NC(=O)c1cc(F)cc(C(=O)N2Cc3cc4c(cc3C3(CCCC3)C2)OCCO4)c1. The minimum atomic E-state index is -0.761. The van der Waals surface area contributed by atoms with Gasteiger partial charge >= 0.3 is 0 Å². The molecule has 2 aromatic carbocycles. The normalized spacial score (nSPS) is 18.9. The number of hydrogen-bond acceptors (Lipinski definition) is 4. The summed E-state index contributed by atoms with van der Waals surface area (Å²) in [5.74, 6) is -0.249. The van der Waals surface area contributed by atoms with Gasteiger partial charge in [0.25, 0.3) is 5.91 Å². The number of amides is 2. The van der Waals surface area contributed by atoms with E-state index in [9.17, 15) is 14.0 Å². The molecule has 2 amide bonds. The molecule has 30 heavy (non-hydrogen) atoms. The summed E-state index contributed by atoms with van der Waals surface area (Å²) in [5, 5.41) is 0. The molecule has 2 aromatic rings. The van der Waals surface area contributed by atoms with Gasteiger partial charge in [0.2, 0.25) is 5.91 Å². The fourth-order valence-corrected chi connectivity index (χ4v) is 5.13. The first-order valence-corrected chi connectivity index (χ1v) is 10.3. The second-order valence-electron chi connectivity index (χ2n) is 8.39. The number of carbonyl (C=O) groups is 2. The van der Waals surface area contributed by atoms with Gasteiger partial charge in [-0.3, -0.25) is 9.59 Å². The number of primary amides is 1. The minimum absolute atomic E-state index is 0.00837. The van der Waals surface area contributed by atoms with Gasteiger partial charge < -0.3 is 20.1 Å². The lowest BCUT2D eigenvalue weighted by Gasteiger charge is -2.43. The second kappa shape index (κ2) is 7.00. The molecule has 0 atom stereocenters. The summed E-state index contributed by atoms with van der Waals surface area (Å²) < 4.78 is 25.6. The van der Waals surface area contributed by atoms with Crippen molar-refractivity contribution >= 4 is 11.8 Å². The third-order valence-electron chi connectivity index (χ3n) is 6.47. The van der Waals surface area contributed by atoms with Crippen LogP contribution in [0.3, 0.4) is 0 Å². The van der Waals surface area contributed by atoms with Crippen molar-refractivity contribution in [3.05, 3.63) is 58.4 Å². The van der Waals surface area contributed by atoms with Gasteiger partial charge in [-0.05, 0) is 54.3 Å². The molecule has 0 radical (unpaired) electrons. The zero-order valence-corrected chi connectivity index (χ0v) is 16.6. The van der Waals surface area contributed by atoms with Crippen molar-refractivity contribution in [3.63, 3.8) is 0 Å². The first-order valence-electron chi connectivity index (χ1n) is 10.3. The van der Waals surface area contributed by atoms with Gasteiger partial charge in [0.1, 0.15) is 19.0 Å². The Balaban J connectivity index is 1.54. The van der Waals surface area contributed by atoms with Gasteiger partial charge in [0.15, 0.2) is 11.5 Å². The maximum absolute atomic E-state index is 14.0. The lowest BCUT2D eigenvalue weighted by Crippen LogP contribution is -2.47. The third kappa shape index (κ3) is 3.09. The Morgan fingerprint density at radius 1 is 0.967 bits per heavy atom. The first-order chi connectivity index (χ1) is 14.4. The maximum Gasteiger partial charge on any atom is 0.254 e. The van der Waals surface area contributed by atoms with Crippen LogP contribution in [0.5, 0.6) is 11.5 Å². The fraction of sp³-hybridized carbons (Fsp3) is 0.391. The van der Waals surface area contributed by atoms with E-state index in [1.165, 1.54) is 11.6 Å². The lowest BCUT2D eigenvalue weighted by atomic mass is 9.73. The molecule has 0 unspecified atom stereocenters. The highest BCUT2D eigenvalue weighted by Gasteiger charge is 2.44. The van der Waals surface area contributed by atoms with Crippen molar-refractivity contribution in [2.75, 3.05) is 19.8 Å². The Morgan fingerprint density at radius 3 is 2.33 bits per heavy atom. The number of nitrogens with two attached hydrogens (primary N) is 1. The Morgan fingerprint density at radius 2 is 1.63 bits per heavy atom. The molecule has 1 aliphatic carbocycles. The van der Waals surface area contributed by atoms with E-state index in [4.69, 9.17) is 15.2 Å². The minimum Gasteiger partial charge on any atom is -0.486 e. The van der Waals surface area contributed by atoms with Gasteiger partial charge in [-0.25, -0.2) is 4.39 Å². The predicted octanol–water partition coefficient (Wildman–Crippen LogP) is 3.16. The predicted molar refractivity (Wildman–Crippen MR) is 107 cm³/mol. The van der Waals surface area contributed by atoms with E-state index >= 15 is 0 Å². The quantitative estimate of drug-likeness (QED) is 0.825. The molecule has 2 aliphatic heterocycles. The first kappa shape index (κ1) is 18.9. The molecule has 3 aliphatic rings. The Hall–Kier alpha value is -3.09. The summed E-state index contributed by atoms with van der Waals surface area (Å²) in [6.45, 7) is 1.99. The molecule has 6 nitrogen and oxygen atoms in total. The number of nitrogens with zero attached hydrogens (tertiary/aromatic N) is 1. The van der Waals surface area contributed by atoms with Crippen LogP contribution >= 0.6 is 0 Å². The van der Waals surface area contributed by atoms with Crippen molar-refractivity contribution < 1.29 is 23.5 Å². The van der Waals surface area contributed by atoms with Crippen LogP contribution in [0.4, 0.5) is 4.39 Å². The number of halogens is 1. The van der Waals surface area contributed by atoms with E-state index in [2.05, 4.69) is 6.07 Å². The molecular formula is C23H23FN2O4. The number of benzene rings is 2. The van der Waals surface area contributed by atoms with Crippen molar-refractivity contribution in [2.24, 2.45) is 5.73 Å². The zero-order chi connectivity index (χ0) is 20.9. The van der Waals surface area contributed by atoms with Crippen molar-refractivity contribution in [1.82, 2.24) is 4.90 Å². The van der Waals surface area contributed by atoms with Crippen LogP contribution in [0.25, 0.3) is 0 Å². The summed E-state index contributed by atoms with van der Waals surface area (Å²) >= 11 is 0. The molecule has 7 heteroatoms. The second-order valence-corrected chi connectivity index (χ2v) is 8.39. The molecule has 2 N–H and O–H groups in total. The summed E-state index contributed by atoms with van der Waals surface area (Å²) in [6.07, 6.45) is 4.17. The summed E-state index contributed by atoms with van der Waals surface area (Å²) in [4.78, 5) is 26.6. The Labute approximate surface area is 173 Å². The van der Waals surface area contributed by atoms with Gasteiger partial charge in [-0.2, -0.15) is 0 Å². The highest BCUT2D eigenvalue weighted by molar-refractivity contribution is 5.99. The van der Waals surface area contributed by atoms with Crippen LogP contribution < -0.4 is 15.2 Å². The smallest absolute Gasteiger partial charge is 0.254 e. The van der Waals surface area contributed by atoms with Crippen LogP contribution in [0.1, 0.15) is 57.5 Å².